The first kappa shape index (κ1) is 10.2. The third-order valence-corrected chi connectivity index (χ3v) is 2.82. The van der Waals surface area contributed by atoms with E-state index in [0.29, 0.717) is 22.0 Å². The molecule has 0 fully saturated rings. The van der Waals surface area contributed by atoms with Crippen LogP contribution in [0.3, 0.4) is 0 Å². The Labute approximate surface area is 102 Å². The van der Waals surface area contributed by atoms with Gasteiger partial charge in [-0.05, 0) is 24.3 Å². The number of hydrogen-bond acceptors (Lipinski definition) is 2. The molecule has 0 amide bonds. The van der Waals surface area contributed by atoms with Gasteiger partial charge in [-0.2, -0.15) is 0 Å². The van der Waals surface area contributed by atoms with Crippen molar-refractivity contribution in [3.05, 3.63) is 58.0 Å². The zero-order chi connectivity index (χ0) is 11.8. The van der Waals surface area contributed by atoms with Gasteiger partial charge in [0.2, 0.25) is 0 Å². The molecule has 0 aliphatic carbocycles. The summed E-state index contributed by atoms with van der Waals surface area (Å²) in [7, 11) is 0. The van der Waals surface area contributed by atoms with E-state index in [2.05, 4.69) is 4.98 Å². The number of nitrogens with one attached hydrogen (secondary N) is 1. The topological polar surface area (TPSA) is 46.0 Å². The predicted octanol–water partition coefficient (Wildman–Crippen LogP) is 3.39. The number of hydrogen-bond donors (Lipinski definition) is 1. The lowest BCUT2D eigenvalue weighted by atomic mass is 10.1. The zero-order valence-electron chi connectivity index (χ0n) is 8.74. The Kier molecular flexibility index (Phi) is 2.27. The molecule has 2 aliphatic heterocycles. The van der Waals surface area contributed by atoms with Crippen molar-refractivity contribution >= 4 is 11.6 Å². The van der Waals surface area contributed by atoms with Crippen LogP contribution in [0.25, 0.3) is 22.6 Å². The van der Waals surface area contributed by atoms with E-state index in [1.165, 1.54) is 0 Å². The van der Waals surface area contributed by atoms with E-state index in [-0.39, 0.29) is 5.63 Å². The van der Waals surface area contributed by atoms with Crippen molar-refractivity contribution in [2.45, 2.75) is 0 Å². The van der Waals surface area contributed by atoms with Crippen molar-refractivity contribution in [2.75, 3.05) is 0 Å². The number of H-pyrrole nitrogens is 1. The molecule has 1 aromatic rings. The second kappa shape index (κ2) is 3.79. The highest BCUT2D eigenvalue weighted by molar-refractivity contribution is 6.30. The summed E-state index contributed by atoms with van der Waals surface area (Å²) in [6.45, 7) is 0. The van der Waals surface area contributed by atoms with Gasteiger partial charge in [0.25, 0.3) is 0 Å². The van der Waals surface area contributed by atoms with Crippen LogP contribution in [0.1, 0.15) is 0 Å². The molecule has 0 aromatic heterocycles. The summed E-state index contributed by atoms with van der Waals surface area (Å²) in [4.78, 5) is 14.7. The van der Waals surface area contributed by atoms with Crippen LogP contribution in [0, 0.1) is 0 Å². The quantitative estimate of drug-likeness (QED) is 0.714. The first-order valence-electron chi connectivity index (χ1n) is 5.12. The monoisotopic (exact) mass is 245 g/mol. The predicted molar refractivity (Wildman–Crippen MR) is 66.4 cm³/mol. The van der Waals surface area contributed by atoms with Crippen LogP contribution >= 0.6 is 11.6 Å². The van der Waals surface area contributed by atoms with Crippen LogP contribution in [0.2, 0.25) is 5.02 Å². The van der Waals surface area contributed by atoms with Gasteiger partial charge in [0.05, 0.1) is 11.3 Å². The van der Waals surface area contributed by atoms with Crippen molar-refractivity contribution in [3.8, 4) is 22.6 Å². The molecule has 2 aliphatic rings. The Balaban J connectivity index is 2.29. The van der Waals surface area contributed by atoms with E-state index in [1.54, 1.807) is 30.5 Å². The maximum Gasteiger partial charge on any atom is 0.345 e. The highest BCUT2D eigenvalue weighted by Gasteiger charge is 2.18. The minimum absolute atomic E-state index is 0.341. The van der Waals surface area contributed by atoms with Crippen LogP contribution in [0.15, 0.2) is 51.8 Å². The van der Waals surface area contributed by atoms with Crippen LogP contribution in [0.5, 0.6) is 0 Å². The Bertz CT molecular complexity index is 699. The SMILES string of the molecule is O=c1oc(-c2cccc(Cl)c2)c2[nH]cccc1-2. The van der Waals surface area contributed by atoms with Crippen molar-refractivity contribution in [3.63, 3.8) is 0 Å². The minimum atomic E-state index is -0.341. The van der Waals surface area contributed by atoms with Crippen LogP contribution in [0.4, 0.5) is 0 Å². The number of furan rings is 1. The lowest BCUT2D eigenvalue weighted by Gasteiger charge is -2.00. The van der Waals surface area contributed by atoms with E-state index in [1.807, 2.05) is 12.1 Å². The molecular weight excluding hydrogens is 238 g/mol. The average Bonchev–Trinajstić information content (AvgIpc) is 2.68. The molecule has 0 radical (unpaired) electrons. The van der Waals surface area contributed by atoms with Crippen LogP contribution in [-0.2, 0) is 0 Å². The summed E-state index contributed by atoms with van der Waals surface area (Å²) >= 11 is 5.92. The molecule has 0 bridgehead atoms. The molecule has 0 spiro atoms. The second-order valence-corrected chi connectivity index (χ2v) is 4.12. The van der Waals surface area contributed by atoms with Gasteiger partial charge in [-0.25, -0.2) is 4.79 Å². The van der Waals surface area contributed by atoms with E-state index in [0.717, 1.165) is 5.56 Å². The van der Waals surface area contributed by atoms with Gasteiger partial charge in [-0.3, -0.25) is 0 Å². The fraction of sp³-hybridized carbons (Fsp3) is 0. The van der Waals surface area contributed by atoms with Gasteiger partial charge in [-0.1, -0.05) is 23.7 Å². The maximum atomic E-state index is 11.6. The summed E-state index contributed by atoms with van der Waals surface area (Å²) in [5.41, 5.74) is 1.68. The molecule has 3 nitrogen and oxygen atoms in total. The molecule has 84 valence electrons. The summed E-state index contributed by atoms with van der Waals surface area (Å²) < 4.78 is 5.26. The Morgan fingerprint density at radius 3 is 2.88 bits per heavy atom. The number of halogens is 1. The molecule has 2 heterocycles. The Morgan fingerprint density at radius 2 is 2.06 bits per heavy atom. The number of fused-ring (bicyclic) bond motifs is 1. The second-order valence-electron chi connectivity index (χ2n) is 3.69. The lowest BCUT2D eigenvalue weighted by Crippen LogP contribution is -1.94. The van der Waals surface area contributed by atoms with Crippen molar-refractivity contribution in [1.82, 2.24) is 4.98 Å². The number of rotatable bonds is 1. The van der Waals surface area contributed by atoms with Crippen LogP contribution < -0.4 is 5.63 Å². The summed E-state index contributed by atoms with van der Waals surface area (Å²) in [5, 5.41) is 0.607. The maximum absolute atomic E-state index is 11.6. The van der Waals surface area contributed by atoms with Gasteiger partial charge in [-0.15, -0.1) is 0 Å². The highest BCUT2D eigenvalue weighted by Crippen LogP contribution is 2.31. The number of aromatic nitrogens is 1. The fourth-order valence-electron chi connectivity index (χ4n) is 1.83. The molecule has 4 heteroatoms. The van der Waals surface area contributed by atoms with E-state index < -0.39 is 0 Å². The summed E-state index contributed by atoms with van der Waals surface area (Å²) in [6, 6.07) is 10.7. The summed E-state index contributed by atoms with van der Waals surface area (Å²) in [6.07, 6.45) is 1.76. The first-order chi connectivity index (χ1) is 8.25. The normalized spacial score (nSPS) is 10.9. The molecule has 17 heavy (non-hydrogen) atoms. The molecule has 1 aromatic carbocycles. The van der Waals surface area contributed by atoms with Gasteiger partial charge >= 0.3 is 5.63 Å². The molecule has 0 unspecified atom stereocenters. The first-order valence-corrected chi connectivity index (χ1v) is 5.49. The lowest BCUT2D eigenvalue weighted by molar-refractivity contribution is 0.546. The molecule has 0 atom stereocenters. The molecular formula is C13H8ClNO2. The number of aromatic amines is 1. The zero-order valence-corrected chi connectivity index (χ0v) is 9.49. The third kappa shape index (κ3) is 1.65. The van der Waals surface area contributed by atoms with E-state index in [9.17, 15) is 4.79 Å². The number of pyridine rings is 1. The Hall–Kier alpha value is -2.00. The molecule has 1 N–H and O–H groups in total. The number of benzene rings is 1. The highest BCUT2D eigenvalue weighted by atomic mass is 35.5. The largest absolute Gasteiger partial charge is 0.420 e. The fourth-order valence-corrected chi connectivity index (χ4v) is 2.02. The summed E-state index contributed by atoms with van der Waals surface area (Å²) in [5.74, 6) is 0.521. The smallest absolute Gasteiger partial charge is 0.345 e. The van der Waals surface area contributed by atoms with Gasteiger partial charge in [0.1, 0.15) is 0 Å². The molecule has 3 rings (SSSR count). The van der Waals surface area contributed by atoms with Crippen molar-refractivity contribution in [1.29, 1.82) is 0 Å². The third-order valence-electron chi connectivity index (χ3n) is 2.58. The van der Waals surface area contributed by atoms with E-state index in [4.69, 9.17) is 16.0 Å². The van der Waals surface area contributed by atoms with Gasteiger partial charge < -0.3 is 9.40 Å². The van der Waals surface area contributed by atoms with Crippen LogP contribution in [-0.4, -0.2) is 4.98 Å². The minimum Gasteiger partial charge on any atom is -0.420 e. The van der Waals surface area contributed by atoms with E-state index >= 15 is 0 Å². The van der Waals surface area contributed by atoms with Gasteiger partial charge in [0.15, 0.2) is 5.76 Å². The van der Waals surface area contributed by atoms with Crippen molar-refractivity contribution < 1.29 is 4.42 Å². The van der Waals surface area contributed by atoms with Crippen molar-refractivity contribution in [2.24, 2.45) is 0 Å². The standard InChI is InChI=1S/C13H8ClNO2/c14-9-4-1-3-8(7-9)12-11-10(13(16)17-12)5-2-6-15-11/h1-7,15H. The average molecular weight is 246 g/mol. The molecule has 0 saturated heterocycles. The Morgan fingerprint density at radius 1 is 1.18 bits per heavy atom. The van der Waals surface area contributed by atoms with Gasteiger partial charge in [0, 0.05) is 16.8 Å². The molecule has 0 saturated carbocycles.